The van der Waals surface area contributed by atoms with Gasteiger partial charge in [-0.2, -0.15) is 0 Å². The van der Waals surface area contributed by atoms with Gasteiger partial charge < -0.3 is 35.4 Å². The maximum Gasteiger partial charge on any atom is 0.330 e. The predicted octanol–water partition coefficient (Wildman–Crippen LogP) is 4.12. The van der Waals surface area contributed by atoms with E-state index in [1.54, 1.807) is 0 Å². The van der Waals surface area contributed by atoms with E-state index >= 15 is 0 Å². The van der Waals surface area contributed by atoms with E-state index in [1.165, 1.54) is 63.0 Å². The monoisotopic (exact) mass is 578 g/mol. The van der Waals surface area contributed by atoms with Crippen LogP contribution >= 0.6 is 0 Å². The lowest BCUT2D eigenvalue weighted by Gasteiger charge is -2.27. The van der Waals surface area contributed by atoms with Crippen molar-refractivity contribution < 1.29 is 40.2 Å². The molecule has 8 nitrogen and oxygen atoms in total. The number of aliphatic hydroxyl groups is 6. The molecule has 1 aromatic carbocycles. The van der Waals surface area contributed by atoms with Gasteiger partial charge in [0.05, 0.1) is 30.5 Å². The molecule has 0 saturated heterocycles. The first-order valence-electron chi connectivity index (χ1n) is 15.7. The fourth-order valence-corrected chi connectivity index (χ4v) is 5.54. The molecule has 234 valence electrons. The van der Waals surface area contributed by atoms with E-state index in [1.807, 2.05) is 0 Å². The minimum absolute atomic E-state index is 0.0280. The Morgan fingerprint density at radius 2 is 1.12 bits per heavy atom. The molecule has 0 bridgehead atoms. The third-order valence-corrected chi connectivity index (χ3v) is 7.85. The molecule has 0 radical (unpaired) electrons. The molecule has 7 unspecified atom stereocenters. The Morgan fingerprint density at radius 1 is 0.634 bits per heavy atom. The third-order valence-electron chi connectivity index (χ3n) is 7.85. The first-order valence-corrected chi connectivity index (χ1v) is 15.7. The van der Waals surface area contributed by atoms with Gasteiger partial charge in [-0.05, 0) is 56.6 Å². The van der Waals surface area contributed by atoms with Gasteiger partial charge in [-0.15, -0.1) is 0 Å². The molecule has 41 heavy (non-hydrogen) atoms. The lowest BCUT2D eigenvalue weighted by Crippen LogP contribution is -2.37. The zero-order valence-corrected chi connectivity index (χ0v) is 24.6. The van der Waals surface area contributed by atoms with Crippen molar-refractivity contribution in [2.45, 2.75) is 152 Å². The molecule has 1 aromatic rings. The summed E-state index contributed by atoms with van der Waals surface area (Å²) >= 11 is 0. The van der Waals surface area contributed by atoms with Crippen molar-refractivity contribution in [3.8, 4) is 0 Å². The smallest absolute Gasteiger partial charge is 0.330 e. The number of carbonyl (C=O) groups excluding carboxylic acids is 1. The summed E-state index contributed by atoms with van der Waals surface area (Å²) in [7, 11) is 0. The number of cyclic esters (lactones) is 1. The summed E-state index contributed by atoms with van der Waals surface area (Å²) in [6.45, 7) is 0. The van der Waals surface area contributed by atoms with E-state index in [2.05, 4.69) is 30.3 Å². The quantitative estimate of drug-likeness (QED) is 0.0840. The van der Waals surface area contributed by atoms with Gasteiger partial charge in [0.25, 0.3) is 0 Å². The topological polar surface area (TPSA) is 148 Å². The highest BCUT2D eigenvalue weighted by Gasteiger charge is 2.29. The zero-order chi connectivity index (χ0) is 29.9. The summed E-state index contributed by atoms with van der Waals surface area (Å²) in [6, 6.07) is 10.7. The molecule has 2 rings (SSSR count). The summed E-state index contributed by atoms with van der Waals surface area (Å²) in [5, 5.41) is 61.0. The Balaban J connectivity index is 1.41. The maximum atomic E-state index is 11.3. The van der Waals surface area contributed by atoms with E-state index < -0.39 is 48.7 Å². The normalized spacial score (nSPS) is 20.8. The van der Waals surface area contributed by atoms with Gasteiger partial charge in [0.15, 0.2) is 0 Å². The lowest BCUT2D eigenvalue weighted by atomic mass is 9.95. The van der Waals surface area contributed by atoms with Gasteiger partial charge in [0.1, 0.15) is 12.2 Å². The Bertz CT molecular complexity index is 832. The number of unbranched alkanes of at least 4 members (excludes halogenated alkanes) is 9. The van der Waals surface area contributed by atoms with Crippen LogP contribution < -0.4 is 0 Å². The molecule has 0 aromatic heterocycles. The number of esters is 1. The third kappa shape index (κ3) is 17.0. The lowest BCUT2D eigenvalue weighted by molar-refractivity contribution is -0.151. The molecule has 0 amide bonds. The van der Waals surface area contributed by atoms with Gasteiger partial charge >= 0.3 is 5.97 Å². The number of ether oxygens (including phenoxy) is 1. The Kier molecular flexibility index (Phi) is 18.1. The van der Waals surface area contributed by atoms with E-state index in [-0.39, 0.29) is 32.1 Å². The molecule has 0 aliphatic carbocycles. The molecule has 1 aliphatic rings. The van der Waals surface area contributed by atoms with Crippen LogP contribution in [0.3, 0.4) is 0 Å². The Morgan fingerprint density at radius 3 is 1.71 bits per heavy atom. The Hall–Kier alpha value is -1.81. The van der Waals surface area contributed by atoms with Crippen LogP contribution in [0.2, 0.25) is 0 Å². The standard InChI is InChI=1S/C33H54O8/c34-26(17-13-8-6-4-2-1-3-5-7-10-14-25-15-11-9-12-16-25)20-27(35)21-28(36)22-29(37)23-30(38)24-32-31(39)18-19-33(40)41-32/h9,11-12,15-16,18-19,26-32,34-39H,1-8,10,13-14,17,20-24H2. The molecule has 0 fully saturated rings. The van der Waals surface area contributed by atoms with Crippen LogP contribution in [0.15, 0.2) is 42.5 Å². The van der Waals surface area contributed by atoms with Gasteiger partial charge in [-0.1, -0.05) is 88.1 Å². The second kappa shape index (κ2) is 21.0. The van der Waals surface area contributed by atoms with Gasteiger partial charge in [0.2, 0.25) is 0 Å². The van der Waals surface area contributed by atoms with Crippen LogP contribution in [0.5, 0.6) is 0 Å². The predicted molar refractivity (Wildman–Crippen MR) is 159 cm³/mol. The van der Waals surface area contributed by atoms with Crippen LogP contribution in [0.4, 0.5) is 0 Å². The first kappa shape index (κ1) is 35.4. The molecule has 1 heterocycles. The highest BCUT2D eigenvalue weighted by molar-refractivity contribution is 5.83. The van der Waals surface area contributed by atoms with Crippen LogP contribution in [0, 0.1) is 0 Å². The summed E-state index contributed by atoms with van der Waals surface area (Å²) in [4.78, 5) is 11.3. The van der Waals surface area contributed by atoms with Gasteiger partial charge in [-0.25, -0.2) is 4.79 Å². The van der Waals surface area contributed by atoms with Crippen LogP contribution in [-0.2, 0) is 16.0 Å². The van der Waals surface area contributed by atoms with Crippen molar-refractivity contribution in [2.75, 3.05) is 0 Å². The first-order chi connectivity index (χ1) is 19.7. The number of aryl methyl sites for hydroxylation is 1. The average molecular weight is 579 g/mol. The highest BCUT2D eigenvalue weighted by atomic mass is 16.6. The number of aliphatic hydroxyl groups excluding tert-OH is 6. The average Bonchev–Trinajstić information content (AvgIpc) is 2.91. The highest BCUT2D eigenvalue weighted by Crippen LogP contribution is 2.20. The fourth-order valence-electron chi connectivity index (χ4n) is 5.54. The van der Waals surface area contributed by atoms with Crippen molar-refractivity contribution in [3.05, 3.63) is 48.0 Å². The number of benzene rings is 1. The number of hydrogen-bond acceptors (Lipinski definition) is 8. The minimum atomic E-state index is -1.03. The molecular weight excluding hydrogens is 524 g/mol. The SMILES string of the molecule is O=C1C=CC(O)C(CC(O)CC(O)CC(O)CC(O)CC(O)CCCCCCCCCCCCc2ccccc2)O1. The second-order valence-corrected chi connectivity index (χ2v) is 11.8. The van der Waals surface area contributed by atoms with Crippen molar-refractivity contribution in [1.29, 1.82) is 0 Å². The van der Waals surface area contributed by atoms with Crippen molar-refractivity contribution in [3.63, 3.8) is 0 Å². The second-order valence-electron chi connectivity index (χ2n) is 11.8. The number of rotatable bonds is 23. The summed E-state index contributed by atoms with van der Waals surface area (Å²) in [5.74, 6) is -0.591. The van der Waals surface area contributed by atoms with E-state index in [0.29, 0.717) is 6.42 Å². The molecule has 0 saturated carbocycles. The van der Waals surface area contributed by atoms with E-state index in [0.717, 1.165) is 25.3 Å². The van der Waals surface area contributed by atoms with Crippen molar-refractivity contribution >= 4 is 5.97 Å². The fraction of sp³-hybridized carbons (Fsp3) is 0.727. The molecule has 8 heteroatoms. The number of hydrogen-bond donors (Lipinski definition) is 6. The molecular formula is C33H54O8. The maximum absolute atomic E-state index is 11.3. The summed E-state index contributed by atoms with van der Waals surface area (Å²) in [5.41, 5.74) is 1.43. The summed E-state index contributed by atoms with van der Waals surface area (Å²) < 4.78 is 4.98. The van der Waals surface area contributed by atoms with Crippen LogP contribution in [-0.4, -0.2) is 79.3 Å². The van der Waals surface area contributed by atoms with Crippen LogP contribution in [0.1, 0.15) is 108 Å². The zero-order valence-electron chi connectivity index (χ0n) is 24.6. The molecule has 1 aliphatic heterocycles. The van der Waals surface area contributed by atoms with E-state index in [9.17, 15) is 35.4 Å². The Labute approximate surface area is 246 Å². The molecule has 7 atom stereocenters. The van der Waals surface area contributed by atoms with E-state index in [4.69, 9.17) is 4.74 Å². The summed E-state index contributed by atoms with van der Waals surface area (Å²) in [6.07, 6.45) is 9.92. The molecule has 0 spiro atoms. The van der Waals surface area contributed by atoms with Crippen molar-refractivity contribution in [1.82, 2.24) is 0 Å². The largest absolute Gasteiger partial charge is 0.456 e. The van der Waals surface area contributed by atoms with Crippen molar-refractivity contribution in [2.24, 2.45) is 0 Å². The van der Waals surface area contributed by atoms with Crippen LogP contribution in [0.25, 0.3) is 0 Å². The van der Waals surface area contributed by atoms with Gasteiger partial charge in [0, 0.05) is 12.5 Å². The molecule has 6 N–H and O–H groups in total. The van der Waals surface area contributed by atoms with Gasteiger partial charge in [-0.3, -0.25) is 0 Å². The minimum Gasteiger partial charge on any atom is -0.456 e. The number of carbonyl (C=O) groups is 1.